The first-order valence-electron chi connectivity index (χ1n) is 39.9. The van der Waals surface area contributed by atoms with Gasteiger partial charge in [-0.1, -0.05) is 24.3 Å². The summed E-state index contributed by atoms with van der Waals surface area (Å²) >= 11 is 2.05. The Morgan fingerprint density at radius 3 is 1.26 bits per heavy atom. The predicted molar refractivity (Wildman–Crippen MR) is 419 cm³/mol. The molecule has 7 amide bonds. The molecule has 2 saturated carbocycles. The van der Waals surface area contributed by atoms with Gasteiger partial charge in [-0.25, -0.2) is 0 Å². The number of aromatic hydroxyl groups is 4. The molecule has 10 aliphatic rings. The number of Topliss-reactive ketones (excluding diaryl/α,β-unsaturated/α-hetero) is 2. The molecule has 650 valence electrons. The highest BCUT2D eigenvalue weighted by Gasteiger charge is 2.55. The Kier molecular flexibility index (Phi) is 26.4. The highest BCUT2D eigenvalue weighted by atomic mass is 32.2. The number of carboxylic acids is 1. The number of likely N-dealkylation sites (tertiary alicyclic amines) is 2. The summed E-state index contributed by atoms with van der Waals surface area (Å²) in [7, 11) is 4.10. The number of carbonyl (C=O) groups is 14. The van der Waals surface area contributed by atoms with Gasteiger partial charge in [0.05, 0.1) is 106 Å². The van der Waals surface area contributed by atoms with Crippen molar-refractivity contribution in [2.45, 2.75) is 200 Å². The van der Waals surface area contributed by atoms with Crippen molar-refractivity contribution in [3.05, 3.63) is 103 Å². The minimum Gasteiger partial charge on any atom is -0.507 e. The Morgan fingerprint density at radius 1 is 0.529 bits per heavy atom. The molecule has 38 heteroatoms. The van der Waals surface area contributed by atoms with Gasteiger partial charge in [0.25, 0.3) is 0 Å². The van der Waals surface area contributed by atoms with Crippen LogP contribution in [0.15, 0.2) is 36.4 Å². The number of amides is 7. The number of fused-ring (bicyclic) bond motifs is 6. The Labute approximate surface area is 699 Å². The third-order valence-corrected chi connectivity index (χ3v) is 27.4. The van der Waals surface area contributed by atoms with Crippen molar-refractivity contribution in [1.29, 1.82) is 0 Å². The molecule has 10 unspecified atom stereocenters. The first-order chi connectivity index (χ1) is 57.5. The lowest BCUT2D eigenvalue weighted by Gasteiger charge is -2.43. The fourth-order valence-corrected chi connectivity index (χ4v) is 20.3. The number of ketones is 6. The van der Waals surface area contributed by atoms with Crippen LogP contribution in [0.25, 0.3) is 0 Å². The molecule has 4 heterocycles. The van der Waals surface area contributed by atoms with Gasteiger partial charge >= 0.3 is 5.97 Å². The lowest BCUT2D eigenvalue weighted by atomic mass is 9.72. The lowest BCUT2D eigenvalue weighted by Crippen LogP contribution is -2.56. The number of rotatable bonds is 24. The van der Waals surface area contributed by atoms with Gasteiger partial charge < -0.3 is 101 Å². The van der Waals surface area contributed by atoms with Crippen LogP contribution in [0, 0.1) is 23.7 Å². The summed E-state index contributed by atoms with van der Waals surface area (Å²) in [4.78, 5) is 185. The molecule has 0 aromatic heterocycles. The zero-order valence-electron chi connectivity index (χ0n) is 66.6. The number of imide groups is 2. The van der Waals surface area contributed by atoms with Crippen LogP contribution in [0.1, 0.15) is 202 Å². The van der Waals surface area contributed by atoms with Gasteiger partial charge in [-0.15, -0.1) is 23.5 Å². The maximum absolute atomic E-state index is 14.0. The quantitative estimate of drug-likeness (QED) is 0.0301. The standard InChI is InChI=1S/C42H49N3O15S.C41H46N2O16S/c1-18-35(50)23(44-40(55)20-9-7-19(8-10-20)15-45-29(49)12-26(41(45)56)61-17-28(48)43-2)11-30(59-18)60-25-14-42(57,27(47)16-46)13-22-32(25)39(54)34-33(37(22)52)36(51)21-5-4-6-24(58-3)31(21)38(34)53;1-17-34(49)22(42-39(54)19-8-6-18(7-9-19)14-43-27(46)11-25(40(43)55)60-16-28(47)48)10-29(58-17)59-24-13-41(56,26(45)15-44)12-21-31(24)38(53)33-32(36(21)51)35(50)20-4-3-5-23(57-2)30(20)37(33)52/h4-6,18-20,23,25-26,30,35,46,50,52,54,57H,7-17H2,1-3H3,(H,43,48)(H,44,55);3-5,17-19,22,24-25,29,34,44,49,51,53,56H,6-16H2,1-2H3,(H,42,54)(H,47,48)/t18?,19?,20?,23?,25-,26?,30?,35?,42-;17?,18?,19?,22?,24-,25?,29?,34?,41-/m00/s1. The van der Waals surface area contributed by atoms with E-state index in [-0.39, 0.29) is 154 Å². The number of aliphatic hydroxyl groups is 6. The van der Waals surface area contributed by atoms with E-state index in [0.29, 0.717) is 51.4 Å². The number of aliphatic hydroxyl groups excluding tert-OH is 4. The van der Waals surface area contributed by atoms with E-state index in [0.717, 1.165) is 23.5 Å². The summed E-state index contributed by atoms with van der Waals surface area (Å²) in [5.74, 6) is -12.9. The second-order valence-electron chi connectivity index (χ2n) is 32.4. The number of nitrogens with zero attached hydrogens (tertiary/aromatic N) is 2. The van der Waals surface area contributed by atoms with Crippen LogP contribution >= 0.6 is 23.5 Å². The Balaban J connectivity index is 0.000000209. The fraction of sp³-hybridized carbons (Fsp3) is 0.542. The number of hydrogen-bond donors (Lipinski definition) is 14. The van der Waals surface area contributed by atoms with Gasteiger partial charge in [-0.3, -0.25) is 76.9 Å². The molecular weight excluding hydrogens is 1630 g/mol. The van der Waals surface area contributed by atoms with E-state index in [2.05, 4.69) is 16.0 Å². The van der Waals surface area contributed by atoms with Crippen molar-refractivity contribution in [3.8, 4) is 34.5 Å². The second kappa shape index (κ2) is 35.9. The molecule has 6 aliphatic carbocycles. The maximum atomic E-state index is 14.0. The molecule has 36 nitrogen and oxygen atoms in total. The van der Waals surface area contributed by atoms with Gasteiger partial charge in [-0.05, 0) is 89.2 Å². The number of benzene rings is 4. The number of nitrogens with one attached hydrogen (secondary N) is 3. The van der Waals surface area contributed by atoms with Crippen molar-refractivity contribution in [2.75, 3.05) is 59.1 Å². The monoisotopic (exact) mass is 1720 g/mol. The van der Waals surface area contributed by atoms with Crippen molar-refractivity contribution >= 4 is 106 Å². The Bertz CT molecular complexity index is 4920. The molecular formula is C83H95N5O31S2. The normalized spacial score (nSPS) is 29.9. The van der Waals surface area contributed by atoms with Crippen LogP contribution in [-0.4, -0.2) is 278 Å². The molecule has 6 fully saturated rings. The first kappa shape index (κ1) is 88.9. The number of carbonyl (C=O) groups excluding carboxylic acids is 13. The van der Waals surface area contributed by atoms with Crippen LogP contribution in [0.3, 0.4) is 0 Å². The summed E-state index contributed by atoms with van der Waals surface area (Å²) < 4.78 is 35.2. The molecule has 4 aliphatic heterocycles. The molecule has 14 N–H and O–H groups in total. The minimum atomic E-state index is -2.37. The third kappa shape index (κ3) is 17.1. The molecule has 14 atom stereocenters. The van der Waals surface area contributed by atoms with Crippen LogP contribution in [-0.2, 0) is 79.7 Å². The zero-order valence-corrected chi connectivity index (χ0v) is 68.2. The number of aliphatic carboxylic acids is 1. The molecule has 121 heavy (non-hydrogen) atoms. The van der Waals surface area contributed by atoms with E-state index in [9.17, 15) is 118 Å². The number of phenolic OH excluding ortho intramolecular Hbond substituents is 4. The summed E-state index contributed by atoms with van der Waals surface area (Å²) in [5, 5.41) is 128. The van der Waals surface area contributed by atoms with E-state index in [1.807, 2.05) is 0 Å². The molecule has 4 saturated heterocycles. The fourth-order valence-electron chi connectivity index (χ4n) is 18.4. The number of thioether (sulfide) groups is 2. The highest BCUT2D eigenvalue weighted by molar-refractivity contribution is 8.01. The third-order valence-electron chi connectivity index (χ3n) is 25.0. The number of methoxy groups -OCH3 is 2. The van der Waals surface area contributed by atoms with E-state index >= 15 is 0 Å². The average Bonchev–Trinajstić information content (AvgIpc) is 1.14. The summed E-state index contributed by atoms with van der Waals surface area (Å²) in [6.45, 7) is 1.30. The second-order valence-corrected chi connectivity index (χ2v) is 34.8. The van der Waals surface area contributed by atoms with Crippen molar-refractivity contribution in [3.63, 3.8) is 0 Å². The molecule has 0 bridgehead atoms. The molecule has 4 aromatic carbocycles. The van der Waals surface area contributed by atoms with E-state index in [1.165, 1.54) is 74.4 Å². The van der Waals surface area contributed by atoms with Crippen molar-refractivity contribution < 1.29 is 152 Å². The first-order valence-corrected chi connectivity index (χ1v) is 42.0. The minimum absolute atomic E-state index is 0.0208. The number of ether oxygens (including phenoxy) is 6. The Hall–Kier alpha value is -9.84. The van der Waals surface area contributed by atoms with Gasteiger partial charge in [0, 0.05) is 117 Å². The highest BCUT2D eigenvalue weighted by Crippen LogP contribution is 2.56. The van der Waals surface area contributed by atoms with Crippen molar-refractivity contribution in [2.24, 2.45) is 23.7 Å². The molecule has 0 spiro atoms. The van der Waals surface area contributed by atoms with Gasteiger partial charge in [0.15, 0.2) is 35.7 Å². The van der Waals surface area contributed by atoms with E-state index < -0.39 is 226 Å². The molecule has 4 aromatic rings. The van der Waals surface area contributed by atoms with E-state index in [1.54, 1.807) is 6.92 Å². The topological polar surface area (TPSA) is 559 Å². The number of hydrogen-bond acceptors (Lipinski definition) is 32. The van der Waals surface area contributed by atoms with Gasteiger partial charge in [0.1, 0.15) is 71.1 Å². The van der Waals surface area contributed by atoms with Crippen molar-refractivity contribution in [1.82, 2.24) is 25.8 Å². The summed E-state index contributed by atoms with van der Waals surface area (Å²) in [6.07, 6.45) is -8.61. The molecule has 14 rings (SSSR count). The number of phenols is 4. The Morgan fingerprint density at radius 2 is 0.901 bits per heavy atom. The van der Waals surface area contributed by atoms with Crippen LogP contribution in [0.4, 0.5) is 0 Å². The number of carboxylic acid groups (broad SMARTS) is 1. The molecule has 0 radical (unpaired) electrons. The SMILES string of the molecule is CNC(=O)CSC1CC(=O)N(CC2CCC(C(=O)NC3CC(O[C@H]4C[C@](O)(C(=O)CO)Cc5c(O)c6c(c(O)c54)C(=O)c4c(OC)cccc4C6=O)OC(C)C3O)CC2)C1=O.COc1cccc2c1C(=O)c1c(O)c3c(c(O)c1C2=O)C[C@@](O)(C(=O)CO)C[C@@H]3OC1CC(NC(=O)C2CCC(CN3C(=O)CC(SCC(=O)O)C3=O)CC2)C(O)C(C)O1. The summed E-state index contributed by atoms with van der Waals surface area (Å²) in [5.41, 5.74) is -8.26. The summed E-state index contributed by atoms with van der Waals surface area (Å²) in [6, 6.07) is 6.74. The maximum Gasteiger partial charge on any atom is 0.313 e. The average molecular weight is 1720 g/mol. The van der Waals surface area contributed by atoms with E-state index in [4.69, 9.17) is 33.5 Å². The van der Waals surface area contributed by atoms with Gasteiger partial charge in [-0.2, -0.15) is 0 Å². The smallest absolute Gasteiger partial charge is 0.313 e. The van der Waals surface area contributed by atoms with Crippen LogP contribution in [0.5, 0.6) is 34.5 Å². The van der Waals surface area contributed by atoms with Crippen LogP contribution in [0.2, 0.25) is 0 Å². The predicted octanol–water partition coefficient (Wildman–Crippen LogP) is 1.48. The van der Waals surface area contributed by atoms with Gasteiger partial charge in [0.2, 0.25) is 52.9 Å². The van der Waals surface area contributed by atoms with Crippen LogP contribution < -0.4 is 25.4 Å². The lowest BCUT2D eigenvalue weighted by molar-refractivity contribution is -0.249. The zero-order chi connectivity index (χ0) is 87.4. The largest absolute Gasteiger partial charge is 0.507 e.